The van der Waals surface area contributed by atoms with Crippen LogP contribution in [0.15, 0.2) is 24.3 Å². The van der Waals surface area contributed by atoms with Gasteiger partial charge in [0.15, 0.2) is 0 Å². The molecule has 2 saturated heterocycles. The molecule has 3 rings (SSSR count). The van der Waals surface area contributed by atoms with Crippen LogP contribution in [0.2, 0.25) is 0 Å². The van der Waals surface area contributed by atoms with Gasteiger partial charge in [0.1, 0.15) is 29.9 Å². The number of aliphatic hydroxyl groups is 1. The number of nitrogens with zero attached hydrogens (tertiary/aromatic N) is 1. The van der Waals surface area contributed by atoms with Gasteiger partial charge in [0.05, 0.1) is 18.6 Å². The highest BCUT2D eigenvalue weighted by Gasteiger charge is 2.37. The molecule has 15 nitrogen and oxygen atoms in total. The number of phenols is 1. The quantitative estimate of drug-likeness (QED) is 0.176. The maximum atomic E-state index is 13.8. The second-order valence-corrected chi connectivity index (χ2v) is 12.6. The lowest BCUT2D eigenvalue weighted by molar-refractivity contribution is -0.142. The van der Waals surface area contributed by atoms with E-state index in [-0.39, 0.29) is 31.1 Å². The van der Waals surface area contributed by atoms with Crippen LogP contribution in [0.25, 0.3) is 0 Å². The smallest absolute Gasteiger partial charge is 0.305 e. The summed E-state index contributed by atoms with van der Waals surface area (Å²) < 4.78 is 0. The zero-order valence-corrected chi connectivity index (χ0v) is 26.6. The monoisotopic (exact) mass is 646 g/mol. The number of nitrogens with one attached hydrogen (secondary N) is 5. The fraction of sp³-hybridized carbons (Fsp3) is 0.613. The highest BCUT2D eigenvalue weighted by atomic mass is 16.4. The molecule has 0 aliphatic carbocycles. The Bertz CT molecular complexity index is 1270. The number of carboxylic acids is 1. The Labute approximate surface area is 267 Å². The second kappa shape index (κ2) is 16.4. The third-order valence-electron chi connectivity index (χ3n) is 7.99. The molecule has 254 valence electrons. The van der Waals surface area contributed by atoms with Crippen LogP contribution < -0.4 is 26.6 Å². The molecule has 1 aromatic carbocycles. The minimum absolute atomic E-state index is 0.0261. The number of aliphatic hydroxyl groups excluding tert-OH is 1. The Morgan fingerprint density at radius 2 is 1.43 bits per heavy atom. The molecule has 5 amide bonds. The molecule has 0 radical (unpaired) electrons. The zero-order chi connectivity index (χ0) is 34.1. The minimum atomic E-state index is -1.64. The molecule has 7 atom stereocenters. The molecular formula is C31H46N6O9. The van der Waals surface area contributed by atoms with Crippen LogP contribution in [-0.4, -0.2) is 111 Å². The van der Waals surface area contributed by atoms with Gasteiger partial charge in [0.2, 0.25) is 29.5 Å². The molecule has 0 aromatic heterocycles. The number of phenolic OH excluding ortho intramolecular Hbond substituents is 1. The highest BCUT2D eigenvalue weighted by Crippen LogP contribution is 2.19. The fourth-order valence-corrected chi connectivity index (χ4v) is 5.71. The lowest BCUT2D eigenvalue weighted by Crippen LogP contribution is -2.62. The summed E-state index contributed by atoms with van der Waals surface area (Å²) in [7, 11) is 0. The Hall–Kier alpha value is -4.24. The van der Waals surface area contributed by atoms with Gasteiger partial charge in [-0.05, 0) is 63.3 Å². The fourth-order valence-electron chi connectivity index (χ4n) is 5.71. The first-order chi connectivity index (χ1) is 21.6. The van der Waals surface area contributed by atoms with Gasteiger partial charge in [-0.1, -0.05) is 26.0 Å². The third kappa shape index (κ3) is 10.4. The first-order valence-electron chi connectivity index (χ1n) is 15.6. The van der Waals surface area contributed by atoms with Crippen LogP contribution in [0.4, 0.5) is 0 Å². The number of rotatable bonds is 7. The van der Waals surface area contributed by atoms with Crippen molar-refractivity contribution in [3.8, 4) is 5.75 Å². The third-order valence-corrected chi connectivity index (χ3v) is 7.99. The van der Waals surface area contributed by atoms with Gasteiger partial charge >= 0.3 is 5.97 Å². The van der Waals surface area contributed by atoms with Gasteiger partial charge < -0.3 is 41.9 Å². The summed E-state index contributed by atoms with van der Waals surface area (Å²) in [6.07, 6.45) is -0.840. The number of carbonyl (C=O) groups excluding carboxylic acids is 5. The topological polar surface area (TPSA) is 226 Å². The molecule has 0 saturated carbocycles. The Balaban J connectivity index is 2.01. The SMILES string of the molecule is CC(C)C[C@@H]1NC(=O)[C@H](Cc2ccc(O)cc2)NC(=O)[C@@H]2CCCN2C[C@H](C)NC(=O)[C@H]([C@@H](C)O)NC(=O)[C@H](CC(=O)O)NC1=O. The van der Waals surface area contributed by atoms with Crippen molar-refractivity contribution in [3.63, 3.8) is 0 Å². The van der Waals surface area contributed by atoms with Crippen molar-refractivity contribution in [2.75, 3.05) is 13.1 Å². The minimum Gasteiger partial charge on any atom is -0.508 e. The highest BCUT2D eigenvalue weighted by molar-refractivity contribution is 5.97. The number of hydrogen-bond acceptors (Lipinski definition) is 9. The van der Waals surface area contributed by atoms with E-state index in [0.717, 1.165) is 0 Å². The molecule has 0 spiro atoms. The van der Waals surface area contributed by atoms with E-state index in [1.54, 1.807) is 19.1 Å². The number of benzene rings is 1. The zero-order valence-electron chi connectivity index (χ0n) is 26.6. The molecule has 15 heteroatoms. The normalized spacial score (nSPS) is 28.1. The largest absolute Gasteiger partial charge is 0.508 e. The summed E-state index contributed by atoms with van der Waals surface area (Å²) in [5.74, 6) is -5.14. The molecule has 1 aromatic rings. The number of amides is 5. The molecule has 2 heterocycles. The average molecular weight is 647 g/mol. The molecule has 0 bridgehead atoms. The lowest BCUT2D eigenvalue weighted by Gasteiger charge is -2.31. The van der Waals surface area contributed by atoms with Gasteiger partial charge in [-0.2, -0.15) is 0 Å². The summed E-state index contributed by atoms with van der Waals surface area (Å²) in [4.78, 5) is 80.8. The van der Waals surface area contributed by atoms with Crippen LogP contribution in [0, 0.1) is 5.92 Å². The molecule has 2 aliphatic rings. The first kappa shape index (κ1) is 36.2. The van der Waals surface area contributed by atoms with Gasteiger partial charge in [0.25, 0.3) is 0 Å². The molecule has 46 heavy (non-hydrogen) atoms. The number of aliphatic carboxylic acids is 1. The predicted octanol–water partition coefficient (Wildman–Crippen LogP) is -1.24. The summed E-state index contributed by atoms with van der Waals surface area (Å²) in [5, 5.41) is 42.5. The van der Waals surface area contributed by atoms with E-state index < -0.39 is 84.3 Å². The van der Waals surface area contributed by atoms with Gasteiger partial charge in [-0.25, -0.2) is 0 Å². The maximum absolute atomic E-state index is 13.8. The van der Waals surface area contributed by atoms with Gasteiger partial charge in [-0.3, -0.25) is 33.7 Å². The molecule has 8 N–H and O–H groups in total. The van der Waals surface area contributed by atoms with Crippen molar-refractivity contribution in [3.05, 3.63) is 29.8 Å². The van der Waals surface area contributed by atoms with Crippen molar-refractivity contribution in [1.82, 2.24) is 31.5 Å². The van der Waals surface area contributed by atoms with E-state index in [2.05, 4.69) is 26.6 Å². The number of fused-ring (bicyclic) bond motifs is 1. The number of aromatic hydroxyl groups is 1. The Morgan fingerprint density at radius 1 is 0.848 bits per heavy atom. The molecular weight excluding hydrogens is 600 g/mol. The lowest BCUT2D eigenvalue weighted by atomic mass is 10.00. The van der Waals surface area contributed by atoms with Crippen LogP contribution in [0.3, 0.4) is 0 Å². The van der Waals surface area contributed by atoms with Crippen molar-refractivity contribution >= 4 is 35.5 Å². The Morgan fingerprint density at radius 3 is 2.04 bits per heavy atom. The maximum Gasteiger partial charge on any atom is 0.305 e. The van der Waals surface area contributed by atoms with Crippen LogP contribution in [0.5, 0.6) is 5.75 Å². The van der Waals surface area contributed by atoms with E-state index in [9.17, 15) is 44.1 Å². The summed E-state index contributed by atoms with van der Waals surface area (Å²) in [6.45, 7) is 7.42. The summed E-state index contributed by atoms with van der Waals surface area (Å²) in [6, 6.07) is -0.443. The standard InChI is InChI=1S/C31H46N6O9/c1-16(2)12-21-27(42)34-23(14-25(40)41)29(44)36-26(18(4)38)31(46)32-17(3)15-37-11-5-6-24(37)30(45)35-22(28(43)33-21)13-19-7-9-20(39)10-8-19/h7-10,16-18,21-24,26,38-39H,5-6,11-15H2,1-4H3,(H,32,46)(H,33,43)(H,34,42)(H,35,45)(H,36,44)(H,40,41)/t17-,18+,21-,22-,23-,24-,26-/m0/s1. The number of carboxylic acid groups (broad SMARTS) is 1. The van der Waals surface area contributed by atoms with E-state index in [1.165, 1.54) is 19.1 Å². The molecule has 0 unspecified atom stereocenters. The van der Waals surface area contributed by atoms with Gasteiger partial charge in [-0.15, -0.1) is 0 Å². The number of carbonyl (C=O) groups is 6. The summed E-state index contributed by atoms with van der Waals surface area (Å²) in [5.41, 5.74) is 0.635. The molecule has 2 aliphatic heterocycles. The van der Waals surface area contributed by atoms with Crippen LogP contribution in [-0.2, 0) is 35.2 Å². The number of hydrogen-bond donors (Lipinski definition) is 8. The van der Waals surface area contributed by atoms with Crippen molar-refractivity contribution in [2.24, 2.45) is 5.92 Å². The van der Waals surface area contributed by atoms with Crippen LogP contribution >= 0.6 is 0 Å². The first-order valence-corrected chi connectivity index (χ1v) is 15.6. The predicted molar refractivity (Wildman–Crippen MR) is 165 cm³/mol. The van der Waals surface area contributed by atoms with Crippen molar-refractivity contribution in [2.45, 2.75) is 102 Å². The van der Waals surface area contributed by atoms with E-state index >= 15 is 0 Å². The van der Waals surface area contributed by atoms with E-state index in [1.807, 2.05) is 18.7 Å². The van der Waals surface area contributed by atoms with E-state index in [0.29, 0.717) is 24.9 Å². The second-order valence-electron chi connectivity index (χ2n) is 12.6. The van der Waals surface area contributed by atoms with Crippen molar-refractivity contribution < 1.29 is 44.1 Å². The summed E-state index contributed by atoms with van der Waals surface area (Å²) >= 11 is 0. The van der Waals surface area contributed by atoms with Gasteiger partial charge in [0, 0.05) is 19.0 Å². The average Bonchev–Trinajstić information content (AvgIpc) is 3.42. The molecule has 2 fully saturated rings. The van der Waals surface area contributed by atoms with Crippen LogP contribution in [0.1, 0.15) is 58.9 Å². The van der Waals surface area contributed by atoms with Crippen molar-refractivity contribution in [1.29, 1.82) is 0 Å². The Kier molecular flexibility index (Phi) is 12.9. The van der Waals surface area contributed by atoms with E-state index in [4.69, 9.17) is 0 Å².